The van der Waals surface area contributed by atoms with E-state index >= 15 is 4.39 Å². The van der Waals surface area contributed by atoms with Gasteiger partial charge in [0.1, 0.15) is 11.1 Å². The van der Waals surface area contributed by atoms with E-state index in [2.05, 4.69) is 0 Å². The molecule has 4 atom stereocenters. The number of halogens is 1. The number of fused-ring (bicyclic) bond motifs is 1. The predicted octanol–water partition coefficient (Wildman–Crippen LogP) is 2.66. The number of hydrogen-bond acceptors (Lipinski definition) is 3. The maximum atomic E-state index is 15.1. The van der Waals surface area contributed by atoms with Gasteiger partial charge in [-0.05, 0) is 54.0 Å². The summed E-state index contributed by atoms with van der Waals surface area (Å²) in [5.41, 5.74) is -1.96. The molecule has 0 radical (unpaired) electrons. The van der Waals surface area contributed by atoms with Crippen LogP contribution in [0.15, 0.2) is 16.8 Å². The fourth-order valence-corrected chi connectivity index (χ4v) is 5.07. The number of likely N-dealkylation sites (tertiary alicyclic amines) is 1. The molecule has 1 N–H and O–H groups in total. The maximum absolute atomic E-state index is 15.1. The number of carboxylic acids is 1. The number of amides is 1. The molecule has 6 heteroatoms. The van der Waals surface area contributed by atoms with Crippen LogP contribution in [0.25, 0.3) is 0 Å². The van der Waals surface area contributed by atoms with Gasteiger partial charge in [0.25, 0.3) is 0 Å². The molecule has 1 amide bonds. The van der Waals surface area contributed by atoms with Gasteiger partial charge in [-0.1, -0.05) is 0 Å². The number of carbonyl (C=O) groups excluding carboxylic acids is 1. The smallest absolute Gasteiger partial charge is 0.314 e. The Bertz CT molecular complexity index is 633. The number of nitrogens with zero attached hydrogens (tertiary/aromatic N) is 1. The minimum Gasteiger partial charge on any atom is -0.481 e. The van der Waals surface area contributed by atoms with Crippen molar-refractivity contribution in [2.45, 2.75) is 37.3 Å². The highest BCUT2D eigenvalue weighted by Crippen LogP contribution is 2.56. The lowest BCUT2D eigenvalue weighted by atomic mass is 9.78. The topological polar surface area (TPSA) is 57.6 Å². The standard InChI is InChI=1S/C16H18FNO3S/c17-16-4-1-3-15(16,14(20)21)8-18(9-16)13(19)12-6-11(12)10-2-5-22-7-10/h2,5,7,11-12H,1,3-4,6,8-9H2,(H,20,21)/t11-,12+,15+,16+/m0/s1. The molecule has 1 saturated heterocycles. The van der Waals surface area contributed by atoms with Crippen molar-refractivity contribution >= 4 is 23.2 Å². The zero-order chi connectivity index (χ0) is 15.5. The van der Waals surface area contributed by atoms with E-state index in [9.17, 15) is 14.7 Å². The van der Waals surface area contributed by atoms with Gasteiger partial charge < -0.3 is 10.0 Å². The highest BCUT2D eigenvalue weighted by molar-refractivity contribution is 7.08. The van der Waals surface area contributed by atoms with Crippen LogP contribution in [-0.2, 0) is 9.59 Å². The van der Waals surface area contributed by atoms with Crippen molar-refractivity contribution in [1.82, 2.24) is 4.90 Å². The molecule has 118 valence electrons. The fraction of sp³-hybridized carbons (Fsp3) is 0.625. The first-order valence-corrected chi connectivity index (χ1v) is 8.64. The zero-order valence-electron chi connectivity index (χ0n) is 12.1. The largest absolute Gasteiger partial charge is 0.481 e. The third-order valence-electron chi connectivity index (χ3n) is 5.74. The Labute approximate surface area is 131 Å². The van der Waals surface area contributed by atoms with Crippen molar-refractivity contribution in [3.05, 3.63) is 22.4 Å². The summed E-state index contributed by atoms with van der Waals surface area (Å²) in [6.45, 7) is -0.0183. The summed E-state index contributed by atoms with van der Waals surface area (Å²) in [5.74, 6) is -1.02. The summed E-state index contributed by atoms with van der Waals surface area (Å²) in [5, 5.41) is 13.6. The van der Waals surface area contributed by atoms with E-state index in [-0.39, 0.29) is 37.3 Å². The normalized spacial score (nSPS) is 39.8. The zero-order valence-corrected chi connectivity index (χ0v) is 12.9. The van der Waals surface area contributed by atoms with Gasteiger partial charge in [0.15, 0.2) is 0 Å². The van der Waals surface area contributed by atoms with Crippen LogP contribution in [0.4, 0.5) is 4.39 Å². The second-order valence-electron chi connectivity index (χ2n) is 6.91. The van der Waals surface area contributed by atoms with Gasteiger partial charge in [0.2, 0.25) is 5.91 Å². The molecule has 2 heterocycles. The van der Waals surface area contributed by atoms with Crippen molar-refractivity contribution in [1.29, 1.82) is 0 Å². The molecule has 1 aromatic heterocycles. The lowest BCUT2D eigenvalue weighted by molar-refractivity contribution is -0.153. The Kier molecular flexibility index (Phi) is 2.92. The van der Waals surface area contributed by atoms with Crippen LogP contribution >= 0.6 is 11.3 Å². The molecular formula is C16H18FNO3S. The molecule has 4 nitrogen and oxygen atoms in total. The Hall–Kier alpha value is -1.43. The van der Waals surface area contributed by atoms with Gasteiger partial charge in [0, 0.05) is 12.5 Å². The first-order valence-electron chi connectivity index (χ1n) is 7.70. The molecule has 2 saturated carbocycles. The van der Waals surface area contributed by atoms with Gasteiger partial charge in [-0.2, -0.15) is 11.3 Å². The number of hydrogen-bond donors (Lipinski definition) is 1. The highest BCUT2D eigenvalue weighted by atomic mass is 32.1. The molecular weight excluding hydrogens is 305 g/mol. The number of carbonyl (C=O) groups is 2. The van der Waals surface area contributed by atoms with Crippen LogP contribution in [0, 0.1) is 11.3 Å². The number of aliphatic carboxylic acids is 1. The minimum absolute atomic E-state index is 0.0323. The van der Waals surface area contributed by atoms with E-state index in [1.54, 1.807) is 11.3 Å². The number of rotatable bonds is 3. The summed E-state index contributed by atoms with van der Waals surface area (Å²) in [4.78, 5) is 25.7. The van der Waals surface area contributed by atoms with Crippen LogP contribution in [0.1, 0.15) is 37.2 Å². The molecule has 22 heavy (non-hydrogen) atoms. The molecule has 3 aliphatic rings. The Morgan fingerprint density at radius 1 is 1.36 bits per heavy atom. The monoisotopic (exact) mass is 323 g/mol. The summed E-state index contributed by atoms with van der Waals surface area (Å²) in [7, 11) is 0. The van der Waals surface area contributed by atoms with Crippen LogP contribution < -0.4 is 0 Å². The maximum Gasteiger partial charge on any atom is 0.314 e. The highest BCUT2D eigenvalue weighted by Gasteiger charge is 2.67. The lowest BCUT2D eigenvalue weighted by Gasteiger charge is -2.27. The summed E-state index contributed by atoms with van der Waals surface area (Å²) >= 11 is 1.61. The molecule has 0 unspecified atom stereocenters. The van der Waals surface area contributed by atoms with Gasteiger partial charge in [0.05, 0.1) is 6.54 Å². The first kappa shape index (κ1) is 14.2. The third-order valence-corrected chi connectivity index (χ3v) is 6.44. The van der Waals surface area contributed by atoms with Crippen molar-refractivity contribution in [3.8, 4) is 0 Å². The average molecular weight is 323 g/mol. The molecule has 1 aromatic rings. The van der Waals surface area contributed by atoms with E-state index in [0.29, 0.717) is 12.8 Å². The van der Waals surface area contributed by atoms with E-state index in [4.69, 9.17) is 0 Å². The van der Waals surface area contributed by atoms with E-state index in [0.717, 1.165) is 6.42 Å². The van der Waals surface area contributed by atoms with Crippen molar-refractivity contribution in [3.63, 3.8) is 0 Å². The van der Waals surface area contributed by atoms with Crippen LogP contribution in [0.2, 0.25) is 0 Å². The third kappa shape index (κ3) is 1.79. The summed E-state index contributed by atoms with van der Waals surface area (Å²) < 4.78 is 15.1. The van der Waals surface area contributed by atoms with E-state index < -0.39 is 17.1 Å². The molecule has 3 fully saturated rings. The summed E-state index contributed by atoms with van der Waals surface area (Å²) in [6, 6.07) is 2.02. The van der Waals surface area contributed by atoms with Crippen LogP contribution in [0.3, 0.4) is 0 Å². The summed E-state index contributed by atoms with van der Waals surface area (Å²) in [6.07, 6.45) is 1.97. The molecule has 2 aliphatic carbocycles. The molecule has 4 rings (SSSR count). The van der Waals surface area contributed by atoms with Gasteiger partial charge in [-0.25, -0.2) is 4.39 Å². The van der Waals surface area contributed by atoms with Gasteiger partial charge in [-0.15, -0.1) is 0 Å². The fourth-order valence-electron chi connectivity index (χ4n) is 4.35. The average Bonchev–Trinajstić information content (AvgIpc) is 2.83. The van der Waals surface area contributed by atoms with Crippen molar-refractivity contribution in [2.75, 3.05) is 13.1 Å². The van der Waals surface area contributed by atoms with Gasteiger partial charge in [-0.3, -0.25) is 9.59 Å². The molecule has 0 aromatic carbocycles. The predicted molar refractivity (Wildman–Crippen MR) is 79.5 cm³/mol. The Balaban J connectivity index is 1.51. The quantitative estimate of drug-likeness (QED) is 0.930. The number of carboxylic acid groups (broad SMARTS) is 1. The number of alkyl halides is 1. The number of thiophene rings is 1. The van der Waals surface area contributed by atoms with Crippen molar-refractivity contribution < 1.29 is 19.1 Å². The molecule has 1 aliphatic heterocycles. The molecule has 0 bridgehead atoms. The van der Waals surface area contributed by atoms with E-state index in [1.807, 2.05) is 16.8 Å². The lowest BCUT2D eigenvalue weighted by Crippen LogP contribution is -2.45. The first-order chi connectivity index (χ1) is 10.5. The van der Waals surface area contributed by atoms with Crippen molar-refractivity contribution in [2.24, 2.45) is 11.3 Å². The Morgan fingerprint density at radius 2 is 2.18 bits per heavy atom. The van der Waals surface area contributed by atoms with Gasteiger partial charge >= 0.3 is 5.97 Å². The van der Waals surface area contributed by atoms with E-state index in [1.165, 1.54) is 10.5 Å². The van der Waals surface area contributed by atoms with Crippen LogP contribution in [-0.4, -0.2) is 40.6 Å². The molecule has 0 spiro atoms. The SMILES string of the molecule is O=C([C@@H]1C[C@H]1c1ccsc1)N1C[C@]2(F)CCC[C@]2(C(=O)O)C1. The minimum atomic E-state index is -1.75. The second kappa shape index (κ2) is 4.54. The van der Waals surface area contributed by atoms with Crippen LogP contribution in [0.5, 0.6) is 0 Å². The second-order valence-corrected chi connectivity index (χ2v) is 7.69. The Morgan fingerprint density at radius 3 is 2.82 bits per heavy atom.